The topological polar surface area (TPSA) is 67.2 Å². The maximum atomic E-state index is 12.0. The van der Waals surface area contributed by atoms with Gasteiger partial charge in [0.05, 0.1) is 18.6 Å². The molecule has 0 fully saturated rings. The summed E-state index contributed by atoms with van der Waals surface area (Å²) in [7, 11) is 0. The number of aryl methyl sites for hydroxylation is 1. The number of hydrogen-bond donors (Lipinski definition) is 0. The maximum absolute atomic E-state index is 12.0. The van der Waals surface area contributed by atoms with E-state index in [1.165, 1.54) is 6.08 Å². The number of carbonyl (C=O) groups is 2. The number of esters is 1. The van der Waals surface area contributed by atoms with Crippen LogP contribution in [-0.4, -0.2) is 18.4 Å². The highest BCUT2D eigenvalue weighted by atomic mass is 16.5. The van der Waals surface area contributed by atoms with Crippen LogP contribution in [0.2, 0.25) is 0 Å². The number of benzene rings is 2. The summed E-state index contributed by atoms with van der Waals surface area (Å²) in [4.78, 5) is 23.9. The number of ketones is 1. The van der Waals surface area contributed by atoms with Gasteiger partial charge in [0, 0.05) is 12.8 Å². The van der Waals surface area contributed by atoms with E-state index >= 15 is 0 Å². The Kier molecular flexibility index (Phi) is 8.42. The van der Waals surface area contributed by atoms with Crippen LogP contribution in [0.5, 0.6) is 0 Å². The molecule has 0 N–H and O–H groups in total. The van der Waals surface area contributed by atoms with Gasteiger partial charge in [-0.1, -0.05) is 60.2 Å². The molecule has 0 saturated carbocycles. The van der Waals surface area contributed by atoms with Gasteiger partial charge in [0.1, 0.15) is 6.42 Å². The maximum Gasteiger partial charge on any atom is 0.313 e. The van der Waals surface area contributed by atoms with Crippen LogP contribution in [0.3, 0.4) is 0 Å². The number of nitrogens with zero attached hydrogens (tertiary/aromatic N) is 1. The minimum Gasteiger partial charge on any atom is -0.465 e. The second-order valence-electron chi connectivity index (χ2n) is 6.66. The molecule has 4 heteroatoms. The van der Waals surface area contributed by atoms with Gasteiger partial charge in [-0.3, -0.25) is 9.59 Å². The summed E-state index contributed by atoms with van der Waals surface area (Å²) in [5.41, 5.74) is 3.80. The third-order valence-electron chi connectivity index (χ3n) is 4.42. The summed E-state index contributed by atoms with van der Waals surface area (Å²) in [6, 6.07) is 17.4. The molecule has 2 rings (SSSR count). The van der Waals surface area contributed by atoms with Crippen molar-refractivity contribution in [2.24, 2.45) is 0 Å². The molecule has 0 aliphatic rings. The molecular weight excluding hydrogens is 362 g/mol. The van der Waals surface area contributed by atoms with Crippen LogP contribution in [0.1, 0.15) is 41.0 Å². The molecule has 146 valence electrons. The summed E-state index contributed by atoms with van der Waals surface area (Å²) in [6.07, 6.45) is 8.89. The first-order valence-electron chi connectivity index (χ1n) is 9.37. The van der Waals surface area contributed by atoms with Crippen molar-refractivity contribution in [3.63, 3.8) is 0 Å². The fourth-order valence-electron chi connectivity index (χ4n) is 2.80. The van der Waals surface area contributed by atoms with Crippen molar-refractivity contribution in [2.45, 2.75) is 32.1 Å². The molecule has 2 aromatic carbocycles. The number of nitriles is 1. The summed E-state index contributed by atoms with van der Waals surface area (Å²) < 4.78 is 5.13. The zero-order valence-corrected chi connectivity index (χ0v) is 16.4. The lowest BCUT2D eigenvalue weighted by atomic mass is 9.97. The molecule has 2 aromatic rings. The van der Waals surface area contributed by atoms with Gasteiger partial charge in [-0.25, -0.2) is 0 Å². The predicted octanol–water partition coefficient (Wildman–Crippen LogP) is 4.38. The minimum atomic E-state index is -0.600. The zero-order chi connectivity index (χ0) is 21.1. The van der Waals surface area contributed by atoms with Crippen molar-refractivity contribution in [1.82, 2.24) is 0 Å². The Labute approximate surface area is 171 Å². The van der Waals surface area contributed by atoms with Crippen LogP contribution in [0, 0.1) is 30.6 Å². The lowest BCUT2D eigenvalue weighted by Gasteiger charge is -2.10. The van der Waals surface area contributed by atoms with Crippen molar-refractivity contribution in [3.8, 4) is 18.4 Å². The van der Waals surface area contributed by atoms with Crippen LogP contribution in [-0.2, 0) is 20.7 Å². The predicted molar refractivity (Wildman–Crippen MR) is 113 cm³/mol. The van der Waals surface area contributed by atoms with Crippen LogP contribution < -0.4 is 0 Å². The second-order valence-corrected chi connectivity index (χ2v) is 6.66. The highest BCUT2D eigenvalue weighted by Gasteiger charge is 2.13. The molecule has 0 spiro atoms. The van der Waals surface area contributed by atoms with Crippen LogP contribution in [0.4, 0.5) is 0 Å². The van der Waals surface area contributed by atoms with Gasteiger partial charge >= 0.3 is 5.97 Å². The normalized spacial score (nSPS) is 11.4. The zero-order valence-electron chi connectivity index (χ0n) is 16.4. The molecule has 0 saturated heterocycles. The third kappa shape index (κ3) is 7.13. The van der Waals surface area contributed by atoms with Crippen molar-refractivity contribution in [3.05, 3.63) is 76.9 Å². The molecule has 0 aliphatic carbocycles. The van der Waals surface area contributed by atoms with Gasteiger partial charge < -0.3 is 4.74 Å². The third-order valence-corrected chi connectivity index (χ3v) is 4.42. The van der Waals surface area contributed by atoms with Crippen LogP contribution in [0.25, 0.3) is 6.08 Å². The van der Waals surface area contributed by atoms with E-state index in [0.717, 1.165) is 22.3 Å². The summed E-state index contributed by atoms with van der Waals surface area (Å²) in [6.45, 7) is 2.07. The molecule has 0 radical (unpaired) electrons. The molecule has 1 atom stereocenters. The average molecular weight is 385 g/mol. The van der Waals surface area contributed by atoms with Crippen molar-refractivity contribution >= 4 is 17.8 Å². The number of rotatable bonds is 9. The molecule has 0 amide bonds. The Morgan fingerprint density at radius 3 is 2.59 bits per heavy atom. The smallest absolute Gasteiger partial charge is 0.313 e. The van der Waals surface area contributed by atoms with E-state index in [9.17, 15) is 14.9 Å². The van der Waals surface area contributed by atoms with Gasteiger partial charge in [0.15, 0.2) is 5.78 Å². The van der Waals surface area contributed by atoms with E-state index in [1.54, 1.807) is 6.08 Å². The SMILES string of the molecule is C#CCc1ccccc1C=CC(=O)CC(=O)OCCC(C#N)c1ccc(C)cc1. The molecule has 0 bridgehead atoms. The van der Waals surface area contributed by atoms with E-state index in [0.29, 0.717) is 12.8 Å². The molecule has 0 heterocycles. The van der Waals surface area contributed by atoms with Crippen LogP contribution >= 0.6 is 0 Å². The lowest BCUT2D eigenvalue weighted by Crippen LogP contribution is -2.12. The highest BCUT2D eigenvalue weighted by molar-refractivity contribution is 6.04. The Hall–Kier alpha value is -3.63. The number of terminal acetylenes is 1. The van der Waals surface area contributed by atoms with E-state index in [1.807, 2.05) is 55.5 Å². The van der Waals surface area contributed by atoms with Crippen molar-refractivity contribution in [2.75, 3.05) is 6.61 Å². The van der Waals surface area contributed by atoms with Gasteiger partial charge in [-0.15, -0.1) is 12.3 Å². The molecular formula is C25H23NO3. The largest absolute Gasteiger partial charge is 0.465 e. The number of hydrogen-bond acceptors (Lipinski definition) is 4. The highest BCUT2D eigenvalue weighted by Crippen LogP contribution is 2.19. The van der Waals surface area contributed by atoms with E-state index in [4.69, 9.17) is 11.2 Å². The van der Waals surface area contributed by atoms with Gasteiger partial charge in [-0.2, -0.15) is 5.26 Å². The Balaban J connectivity index is 1.81. The molecule has 1 unspecified atom stereocenters. The monoisotopic (exact) mass is 385 g/mol. The average Bonchev–Trinajstić information content (AvgIpc) is 2.71. The number of carbonyl (C=O) groups excluding carboxylic acids is 2. The number of allylic oxidation sites excluding steroid dienone is 1. The lowest BCUT2D eigenvalue weighted by molar-refractivity contribution is -0.145. The fourth-order valence-corrected chi connectivity index (χ4v) is 2.80. The quantitative estimate of drug-likeness (QED) is 0.278. The van der Waals surface area contributed by atoms with E-state index < -0.39 is 5.97 Å². The summed E-state index contributed by atoms with van der Waals surface area (Å²) >= 11 is 0. The Morgan fingerprint density at radius 1 is 1.17 bits per heavy atom. The minimum absolute atomic E-state index is 0.0902. The summed E-state index contributed by atoms with van der Waals surface area (Å²) in [5.74, 6) is 1.28. The standard InChI is InChI=1S/C25H23NO3/c1-3-6-20-7-4-5-8-21(20)13-14-24(27)17-25(28)29-16-15-23(18-26)22-11-9-19(2)10-12-22/h1,4-5,7-14,23H,6,15-17H2,2H3. The van der Waals surface area contributed by atoms with Crippen molar-refractivity contribution in [1.29, 1.82) is 5.26 Å². The first kappa shape index (κ1) is 21.7. The van der Waals surface area contributed by atoms with Crippen LogP contribution in [0.15, 0.2) is 54.6 Å². The second kappa shape index (κ2) is 11.3. The molecule has 0 aromatic heterocycles. The van der Waals surface area contributed by atoms with E-state index in [2.05, 4.69) is 12.0 Å². The first-order valence-corrected chi connectivity index (χ1v) is 9.37. The van der Waals surface area contributed by atoms with Gasteiger partial charge in [-0.05, 0) is 29.7 Å². The molecule has 29 heavy (non-hydrogen) atoms. The molecule has 4 nitrogen and oxygen atoms in total. The summed E-state index contributed by atoms with van der Waals surface area (Å²) in [5, 5.41) is 9.33. The Bertz CT molecular complexity index is 959. The fraction of sp³-hybridized carbons (Fsp3) is 0.240. The van der Waals surface area contributed by atoms with E-state index in [-0.39, 0.29) is 24.7 Å². The van der Waals surface area contributed by atoms with Gasteiger partial charge in [0.2, 0.25) is 0 Å². The number of ether oxygens (including phenoxy) is 1. The first-order chi connectivity index (χ1) is 14.0. The molecule has 0 aliphatic heterocycles. The van der Waals surface area contributed by atoms with Gasteiger partial charge in [0.25, 0.3) is 0 Å². The van der Waals surface area contributed by atoms with Crippen molar-refractivity contribution < 1.29 is 14.3 Å². The Morgan fingerprint density at radius 2 is 1.90 bits per heavy atom.